The zero-order valence-corrected chi connectivity index (χ0v) is 12.7. The number of hydrogen-bond acceptors (Lipinski definition) is 3. The number of benzene rings is 1. The lowest BCUT2D eigenvalue weighted by Crippen LogP contribution is -2.37. The number of alkyl halides is 3. The van der Waals surface area contributed by atoms with Crippen LogP contribution in [0.15, 0.2) is 12.1 Å². The van der Waals surface area contributed by atoms with Crippen LogP contribution in [0, 0.1) is 0 Å². The second-order valence-corrected chi connectivity index (χ2v) is 4.97. The molecule has 0 spiro atoms. The maximum absolute atomic E-state index is 12.1. The molecule has 0 bridgehead atoms. The van der Waals surface area contributed by atoms with Crippen LogP contribution in [0.4, 0.5) is 18.9 Å². The Morgan fingerprint density at radius 2 is 1.91 bits per heavy atom. The first kappa shape index (κ1) is 18.1. The molecule has 1 rings (SSSR count). The second kappa shape index (κ2) is 7.91. The second-order valence-electron chi connectivity index (χ2n) is 4.97. The van der Waals surface area contributed by atoms with E-state index in [0.717, 1.165) is 30.4 Å². The highest BCUT2D eigenvalue weighted by atomic mass is 19.4. The van der Waals surface area contributed by atoms with Crippen molar-refractivity contribution in [3.05, 3.63) is 23.3 Å². The average Bonchev–Trinajstić information content (AvgIpc) is 2.45. The van der Waals surface area contributed by atoms with Gasteiger partial charge in [0, 0.05) is 6.54 Å². The maximum Gasteiger partial charge on any atom is 0.471 e. The van der Waals surface area contributed by atoms with E-state index < -0.39 is 12.1 Å². The molecule has 3 N–H and O–H groups in total. The number of amides is 1. The van der Waals surface area contributed by atoms with Crippen LogP contribution >= 0.6 is 0 Å². The molecule has 1 aromatic carbocycles. The van der Waals surface area contributed by atoms with Crippen molar-refractivity contribution >= 4 is 11.6 Å². The van der Waals surface area contributed by atoms with Gasteiger partial charge in [0.1, 0.15) is 5.75 Å². The Kier molecular flexibility index (Phi) is 6.52. The summed E-state index contributed by atoms with van der Waals surface area (Å²) in [5.74, 6) is -1.38. The minimum atomic E-state index is -4.86. The summed E-state index contributed by atoms with van der Waals surface area (Å²) in [6.07, 6.45) is -1.83. The van der Waals surface area contributed by atoms with E-state index in [9.17, 15) is 18.0 Å². The lowest BCUT2D eigenvalue weighted by Gasteiger charge is -2.14. The van der Waals surface area contributed by atoms with Crippen molar-refractivity contribution in [1.29, 1.82) is 0 Å². The number of carbonyl (C=O) groups is 1. The standard InChI is InChI=1S/C15H21F3N2O2/c1-3-4-5-10-9-13(22-2)12(19)8-11(10)6-7-20-14(21)15(16,17)18/h8-9H,3-7,19H2,1-2H3,(H,20,21). The number of halogens is 3. The summed E-state index contributed by atoms with van der Waals surface area (Å²) >= 11 is 0. The smallest absolute Gasteiger partial charge is 0.471 e. The van der Waals surface area contributed by atoms with Crippen LogP contribution in [0.5, 0.6) is 5.75 Å². The Bertz CT molecular complexity index is 516. The molecule has 124 valence electrons. The van der Waals surface area contributed by atoms with Crippen LogP contribution in [0.1, 0.15) is 30.9 Å². The Hall–Kier alpha value is -1.92. The zero-order valence-electron chi connectivity index (χ0n) is 12.7. The number of carbonyl (C=O) groups excluding carboxylic acids is 1. The third-order valence-electron chi connectivity index (χ3n) is 3.29. The number of anilines is 1. The molecule has 0 radical (unpaired) electrons. The molecule has 0 aliphatic heterocycles. The lowest BCUT2D eigenvalue weighted by atomic mass is 9.98. The molecule has 22 heavy (non-hydrogen) atoms. The van der Waals surface area contributed by atoms with Crippen molar-refractivity contribution in [3.8, 4) is 5.75 Å². The van der Waals surface area contributed by atoms with Gasteiger partial charge in [0.2, 0.25) is 0 Å². The first-order valence-electron chi connectivity index (χ1n) is 7.09. The molecule has 1 amide bonds. The Labute approximate surface area is 127 Å². The van der Waals surface area contributed by atoms with Crippen LogP contribution in [0.2, 0.25) is 0 Å². The fourth-order valence-electron chi connectivity index (χ4n) is 2.11. The van der Waals surface area contributed by atoms with Crippen molar-refractivity contribution in [1.82, 2.24) is 5.32 Å². The van der Waals surface area contributed by atoms with Gasteiger partial charge in [-0.1, -0.05) is 13.3 Å². The number of nitrogens with one attached hydrogen (secondary N) is 1. The highest BCUT2D eigenvalue weighted by Crippen LogP contribution is 2.27. The summed E-state index contributed by atoms with van der Waals surface area (Å²) in [5.41, 5.74) is 8.08. The quantitative estimate of drug-likeness (QED) is 0.760. The number of methoxy groups -OCH3 is 1. The molecule has 0 saturated carbocycles. The third-order valence-corrected chi connectivity index (χ3v) is 3.29. The molecule has 0 aromatic heterocycles. The fourth-order valence-corrected chi connectivity index (χ4v) is 2.11. The third kappa shape index (κ3) is 5.13. The van der Waals surface area contributed by atoms with E-state index in [1.807, 2.05) is 11.4 Å². The van der Waals surface area contributed by atoms with Gasteiger partial charge < -0.3 is 15.8 Å². The Morgan fingerprint density at radius 1 is 1.27 bits per heavy atom. The van der Waals surface area contributed by atoms with Crippen molar-refractivity contribution in [2.75, 3.05) is 19.4 Å². The van der Waals surface area contributed by atoms with Crippen LogP contribution in [-0.4, -0.2) is 25.7 Å². The summed E-state index contributed by atoms with van der Waals surface area (Å²) < 4.78 is 41.6. The summed E-state index contributed by atoms with van der Waals surface area (Å²) in [5, 5.41) is 1.87. The van der Waals surface area contributed by atoms with E-state index in [4.69, 9.17) is 10.5 Å². The van der Waals surface area contributed by atoms with E-state index >= 15 is 0 Å². The number of nitrogen functional groups attached to an aromatic ring is 1. The fraction of sp³-hybridized carbons (Fsp3) is 0.533. The molecule has 0 saturated heterocycles. The number of hydrogen-bond donors (Lipinski definition) is 2. The summed E-state index contributed by atoms with van der Waals surface area (Å²) in [4.78, 5) is 10.8. The lowest BCUT2D eigenvalue weighted by molar-refractivity contribution is -0.173. The molecule has 4 nitrogen and oxygen atoms in total. The SMILES string of the molecule is CCCCc1cc(OC)c(N)cc1CCNC(=O)C(F)(F)F. The summed E-state index contributed by atoms with van der Waals surface area (Å²) in [6, 6.07) is 3.51. The van der Waals surface area contributed by atoms with Crippen molar-refractivity contribution in [3.63, 3.8) is 0 Å². The van der Waals surface area contributed by atoms with E-state index in [-0.39, 0.29) is 13.0 Å². The zero-order chi connectivity index (χ0) is 16.8. The first-order valence-corrected chi connectivity index (χ1v) is 7.09. The van der Waals surface area contributed by atoms with Gasteiger partial charge in [0.05, 0.1) is 12.8 Å². The molecule has 0 atom stereocenters. The van der Waals surface area contributed by atoms with E-state index in [1.165, 1.54) is 7.11 Å². The van der Waals surface area contributed by atoms with Crippen LogP contribution in [0.25, 0.3) is 0 Å². The van der Waals surface area contributed by atoms with Crippen LogP contribution in [0.3, 0.4) is 0 Å². The van der Waals surface area contributed by atoms with Gasteiger partial charge in [-0.05, 0) is 42.5 Å². The molecular formula is C15H21F3N2O2. The van der Waals surface area contributed by atoms with E-state index in [0.29, 0.717) is 11.4 Å². The van der Waals surface area contributed by atoms with Gasteiger partial charge in [-0.3, -0.25) is 4.79 Å². The highest BCUT2D eigenvalue weighted by Gasteiger charge is 2.38. The molecule has 0 unspecified atom stereocenters. The molecular weight excluding hydrogens is 297 g/mol. The minimum Gasteiger partial charge on any atom is -0.495 e. The van der Waals surface area contributed by atoms with Crippen molar-refractivity contribution < 1.29 is 22.7 Å². The first-order chi connectivity index (χ1) is 10.3. The van der Waals surface area contributed by atoms with Gasteiger partial charge in [-0.15, -0.1) is 0 Å². The van der Waals surface area contributed by atoms with Gasteiger partial charge in [0.15, 0.2) is 0 Å². The summed E-state index contributed by atoms with van der Waals surface area (Å²) in [6.45, 7) is 1.96. The van der Waals surface area contributed by atoms with Crippen molar-refractivity contribution in [2.24, 2.45) is 0 Å². The predicted octanol–water partition coefficient (Wildman–Crippen LogP) is 2.84. The largest absolute Gasteiger partial charge is 0.495 e. The van der Waals surface area contributed by atoms with Gasteiger partial charge in [-0.2, -0.15) is 13.2 Å². The monoisotopic (exact) mass is 318 g/mol. The maximum atomic E-state index is 12.1. The molecule has 1 aromatic rings. The number of ether oxygens (including phenoxy) is 1. The summed E-state index contributed by atoms with van der Waals surface area (Å²) in [7, 11) is 1.51. The average molecular weight is 318 g/mol. The van der Waals surface area contributed by atoms with Crippen LogP contribution < -0.4 is 15.8 Å². The number of aryl methyl sites for hydroxylation is 1. The van der Waals surface area contributed by atoms with Crippen molar-refractivity contribution in [2.45, 2.75) is 38.8 Å². The molecule has 0 aliphatic carbocycles. The van der Waals surface area contributed by atoms with Crippen LogP contribution in [-0.2, 0) is 17.6 Å². The Morgan fingerprint density at radius 3 is 2.45 bits per heavy atom. The molecule has 7 heteroatoms. The van der Waals surface area contributed by atoms with E-state index in [2.05, 4.69) is 6.92 Å². The predicted molar refractivity (Wildman–Crippen MR) is 78.8 cm³/mol. The number of rotatable bonds is 7. The molecule has 0 fully saturated rings. The topological polar surface area (TPSA) is 64.3 Å². The highest BCUT2D eigenvalue weighted by molar-refractivity contribution is 5.81. The van der Waals surface area contributed by atoms with E-state index in [1.54, 1.807) is 6.07 Å². The minimum absolute atomic E-state index is 0.0940. The van der Waals surface area contributed by atoms with Gasteiger partial charge in [-0.25, -0.2) is 0 Å². The number of unbranched alkanes of at least 4 members (excludes halogenated alkanes) is 1. The molecule has 0 heterocycles. The normalized spacial score (nSPS) is 11.3. The molecule has 0 aliphatic rings. The Balaban J connectivity index is 2.79. The van der Waals surface area contributed by atoms with Gasteiger partial charge >= 0.3 is 12.1 Å². The number of nitrogens with two attached hydrogens (primary N) is 1. The van der Waals surface area contributed by atoms with Gasteiger partial charge in [0.25, 0.3) is 0 Å².